The van der Waals surface area contributed by atoms with E-state index in [4.69, 9.17) is 5.73 Å². The van der Waals surface area contributed by atoms with Crippen LogP contribution in [-0.2, 0) is 12.3 Å². The van der Waals surface area contributed by atoms with Gasteiger partial charge in [-0.05, 0) is 54.3 Å². The molecule has 0 heterocycles. The number of thioether (sulfide) groups is 1. The maximum Gasteiger partial charge on any atom is 0.127 e. The molecule has 2 rings (SSSR count). The lowest BCUT2D eigenvalue weighted by Crippen LogP contribution is -1.98. The Kier molecular flexibility index (Phi) is 4.61. The Morgan fingerprint density at radius 3 is 2.53 bits per heavy atom. The van der Waals surface area contributed by atoms with Gasteiger partial charge in [0.15, 0.2) is 0 Å². The van der Waals surface area contributed by atoms with E-state index in [0.717, 1.165) is 5.56 Å². The standard InChI is InChI=1S/C16H18FNS/c1-11-3-5-15(7-12(11)2)19-10-14-8-13(9-18)4-6-16(14)17/h3-8H,9-10,18H2,1-2H3. The van der Waals surface area contributed by atoms with Gasteiger partial charge in [-0.3, -0.25) is 0 Å². The Bertz CT molecular complexity index is 581. The van der Waals surface area contributed by atoms with Gasteiger partial charge in [-0.2, -0.15) is 0 Å². The largest absolute Gasteiger partial charge is 0.326 e. The van der Waals surface area contributed by atoms with Crippen LogP contribution in [0, 0.1) is 19.7 Å². The monoisotopic (exact) mass is 275 g/mol. The Morgan fingerprint density at radius 1 is 1.05 bits per heavy atom. The van der Waals surface area contributed by atoms with Crippen LogP contribution in [0.25, 0.3) is 0 Å². The van der Waals surface area contributed by atoms with Gasteiger partial charge >= 0.3 is 0 Å². The topological polar surface area (TPSA) is 26.0 Å². The number of hydrogen-bond donors (Lipinski definition) is 1. The molecule has 19 heavy (non-hydrogen) atoms. The predicted molar refractivity (Wildman–Crippen MR) is 79.8 cm³/mol. The van der Waals surface area contributed by atoms with Crippen LogP contribution in [0.3, 0.4) is 0 Å². The zero-order chi connectivity index (χ0) is 13.8. The summed E-state index contributed by atoms with van der Waals surface area (Å²) in [4.78, 5) is 1.17. The Balaban J connectivity index is 2.11. The normalized spacial score (nSPS) is 10.7. The van der Waals surface area contributed by atoms with Crippen molar-refractivity contribution >= 4 is 11.8 Å². The highest BCUT2D eigenvalue weighted by molar-refractivity contribution is 7.98. The van der Waals surface area contributed by atoms with Gasteiger partial charge in [-0.15, -0.1) is 11.8 Å². The van der Waals surface area contributed by atoms with Crippen LogP contribution in [0.15, 0.2) is 41.3 Å². The van der Waals surface area contributed by atoms with Crippen molar-refractivity contribution in [1.29, 1.82) is 0 Å². The molecule has 0 unspecified atom stereocenters. The molecular formula is C16H18FNS. The summed E-state index contributed by atoms with van der Waals surface area (Å²) in [5, 5.41) is 0. The minimum atomic E-state index is -0.159. The molecule has 0 bridgehead atoms. The third-order valence-electron chi connectivity index (χ3n) is 3.22. The lowest BCUT2D eigenvalue weighted by atomic mass is 10.1. The molecule has 3 heteroatoms. The zero-order valence-corrected chi connectivity index (χ0v) is 12.1. The number of benzene rings is 2. The zero-order valence-electron chi connectivity index (χ0n) is 11.2. The summed E-state index contributed by atoms with van der Waals surface area (Å²) in [6.45, 7) is 4.63. The van der Waals surface area contributed by atoms with E-state index < -0.39 is 0 Å². The minimum absolute atomic E-state index is 0.159. The third kappa shape index (κ3) is 3.58. The van der Waals surface area contributed by atoms with E-state index >= 15 is 0 Å². The first-order valence-electron chi connectivity index (χ1n) is 6.27. The molecule has 0 aliphatic heterocycles. The minimum Gasteiger partial charge on any atom is -0.326 e. The second-order valence-corrected chi connectivity index (χ2v) is 5.71. The summed E-state index contributed by atoms with van der Waals surface area (Å²) in [5.74, 6) is 0.468. The summed E-state index contributed by atoms with van der Waals surface area (Å²) < 4.78 is 13.7. The quantitative estimate of drug-likeness (QED) is 0.847. The van der Waals surface area contributed by atoms with Crippen LogP contribution < -0.4 is 5.73 Å². The van der Waals surface area contributed by atoms with Crippen molar-refractivity contribution in [3.63, 3.8) is 0 Å². The molecule has 0 atom stereocenters. The number of rotatable bonds is 4. The van der Waals surface area contributed by atoms with Crippen LogP contribution in [0.2, 0.25) is 0 Å². The van der Waals surface area contributed by atoms with Gasteiger partial charge in [0.05, 0.1) is 0 Å². The predicted octanol–water partition coefficient (Wildman–Crippen LogP) is 4.19. The summed E-state index contributed by atoms with van der Waals surface area (Å²) in [6, 6.07) is 11.4. The average Bonchev–Trinajstić information content (AvgIpc) is 2.41. The molecule has 0 saturated carbocycles. The lowest BCUT2D eigenvalue weighted by Gasteiger charge is -2.07. The van der Waals surface area contributed by atoms with Crippen LogP contribution >= 0.6 is 11.8 Å². The van der Waals surface area contributed by atoms with Crippen molar-refractivity contribution in [2.24, 2.45) is 5.73 Å². The Labute approximate surface area is 118 Å². The molecule has 0 fully saturated rings. The van der Waals surface area contributed by atoms with Crippen molar-refractivity contribution in [2.45, 2.75) is 31.0 Å². The van der Waals surface area contributed by atoms with E-state index in [2.05, 4.69) is 32.0 Å². The molecule has 0 aliphatic carbocycles. The molecule has 0 radical (unpaired) electrons. The van der Waals surface area contributed by atoms with E-state index in [9.17, 15) is 4.39 Å². The molecule has 0 spiro atoms. The fraction of sp³-hybridized carbons (Fsp3) is 0.250. The molecule has 1 nitrogen and oxygen atoms in total. The number of halogens is 1. The van der Waals surface area contributed by atoms with Gasteiger partial charge in [-0.1, -0.05) is 18.2 Å². The number of hydrogen-bond acceptors (Lipinski definition) is 2. The molecular weight excluding hydrogens is 257 g/mol. The second kappa shape index (κ2) is 6.22. The Hall–Kier alpha value is -1.32. The molecule has 2 N–H and O–H groups in total. The van der Waals surface area contributed by atoms with E-state index in [1.165, 1.54) is 22.1 Å². The molecule has 2 aromatic rings. The van der Waals surface area contributed by atoms with E-state index in [1.807, 2.05) is 6.07 Å². The highest BCUT2D eigenvalue weighted by Gasteiger charge is 2.05. The summed E-state index contributed by atoms with van der Waals surface area (Å²) in [7, 11) is 0. The van der Waals surface area contributed by atoms with Crippen molar-refractivity contribution in [3.8, 4) is 0 Å². The maximum absolute atomic E-state index is 13.7. The molecule has 100 valence electrons. The molecule has 0 amide bonds. The van der Waals surface area contributed by atoms with E-state index in [1.54, 1.807) is 17.8 Å². The smallest absolute Gasteiger partial charge is 0.127 e. The van der Waals surface area contributed by atoms with Crippen LogP contribution in [0.4, 0.5) is 4.39 Å². The van der Waals surface area contributed by atoms with Crippen molar-refractivity contribution < 1.29 is 4.39 Å². The van der Waals surface area contributed by atoms with E-state index in [0.29, 0.717) is 17.9 Å². The van der Waals surface area contributed by atoms with Gasteiger partial charge < -0.3 is 5.73 Å². The maximum atomic E-state index is 13.7. The molecule has 0 saturated heterocycles. The van der Waals surface area contributed by atoms with E-state index in [-0.39, 0.29) is 5.82 Å². The molecule has 0 aliphatic rings. The van der Waals surface area contributed by atoms with Gasteiger partial charge in [0.1, 0.15) is 5.82 Å². The first-order valence-corrected chi connectivity index (χ1v) is 7.26. The Morgan fingerprint density at radius 2 is 1.84 bits per heavy atom. The van der Waals surface area contributed by atoms with Gasteiger partial charge in [0.2, 0.25) is 0 Å². The fourth-order valence-corrected chi connectivity index (χ4v) is 2.80. The van der Waals surface area contributed by atoms with Crippen LogP contribution in [0.5, 0.6) is 0 Å². The highest BCUT2D eigenvalue weighted by atomic mass is 32.2. The van der Waals surface area contributed by atoms with Crippen LogP contribution in [-0.4, -0.2) is 0 Å². The van der Waals surface area contributed by atoms with Crippen LogP contribution in [0.1, 0.15) is 22.3 Å². The SMILES string of the molecule is Cc1ccc(SCc2cc(CN)ccc2F)cc1C. The summed E-state index contributed by atoms with van der Waals surface area (Å²) in [6.07, 6.45) is 0. The second-order valence-electron chi connectivity index (χ2n) is 4.66. The molecule has 2 aromatic carbocycles. The van der Waals surface area contributed by atoms with Crippen molar-refractivity contribution in [2.75, 3.05) is 0 Å². The average molecular weight is 275 g/mol. The fourth-order valence-electron chi connectivity index (χ4n) is 1.83. The first kappa shape index (κ1) is 14.1. The van der Waals surface area contributed by atoms with Crippen molar-refractivity contribution in [1.82, 2.24) is 0 Å². The summed E-state index contributed by atoms with van der Waals surface area (Å²) in [5.41, 5.74) is 9.81. The van der Waals surface area contributed by atoms with Gasteiger partial charge in [0.25, 0.3) is 0 Å². The highest BCUT2D eigenvalue weighted by Crippen LogP contribution is 2.26. The van der Waals surface area contributed by atoms with Crippen molar-refractivity contribution in [3.05, 3.63) is 64.5 Å². The number of aryl methyl sites for hydroxylation is 2. The van der Waals surface area contributed by atoms with Gasteiger partial charge in [-0.25, -0.2) is 4.39 Å². The van der Waals surface area contributed by atoms with Gasteiger partial charge in [0, 0.05) is 17.2 Å². The molecule has 0 aromatic heterocycles. The lowest BCUT2D eigenvalue weighted by molar-refractivity contribution is 0.616. The number of nitrogens with two attached hydrogens (primary N) is 1. The summed E-state index contributed by atoms with van der Waals surface area (Å²) >= 11 is 1.65. The third-order valence-corrected chi connectivity index (χ3v) is 4.26. The first-order chi connectivity index (χ1) is 9.10.